The molecule has 3 rings (SSSR count). The van der Waals surface area contributed by atoms with Crippen molar-refractivity contribution in [2.45, 2.75) is 11.1 Å². The number of esters is 1. The Balaban J connectivity index is 1.80. The van der Waals surface area contributed by atoms with Crippen molar-refractivity contribution in [2.24, 2.45) is 5.10 Å². The average Bonchev–Trinajstić information content (AvgIpc) is 2.91. The van der Waals surface area contributed by atoms with Crippen LogP contribution >= 0.6 is 11.6 Å². The van der Waals surface area contributed by atoms with Gasteiger partial charge < -0.3 is 9.47 Å². The van der Waals surface area contributed by atoms with Gasteiger partial charge >= 0.3 is 12.1 Å². The molecule has 0 aromatic heterocycles. The number of sulfonamides is 1. The van der Waals surface area contributed by atoms with E-state index in [9.17, 15) is 31.2 Å². The highest BCUT2D eigenvalue weighted by atomic mass is 35.5. The number of benzene rings is 3. The zero-order valence-electron chi connectivity index (χ0n) is 20.2. The molecule has 14 heteroatoms. The number of methoxy groups -OCH3 is 1. The van der Waals surface area contributed by atoms with E-state index in [1.54, 1.807) is 30.3 Å². The summed E-state index contributed by atoms with van der Waals surface area (Å²) in [4.78, 5) is 23.5. The maximum Gasteiger partial charge on any atom is 0.417 e. The second kappa shape index (κ2) is 12.6. The molecule has 39 heavy (non-hydrogen) atoms. The number of anilines is 1. The van der Waals surface area contributed by atoms with Gasteiger partial charge in [0.1, 0.15) is 12.3 Å². The van der Waals surface area contributed by atoms with Gasteiger partial charge in [-0.15, -0.1) is 0 Å². The summed E-state index contributed by atoms with van der Waals surface area (Å²) in [6, 6.07) is 15.7. The minimum Gasteiger partial charge on any atom is -0.482 e. The smallest absolute Gasteiger partial charge is 0.417 e. The molecule has 3 aromatic rings. The SMILES string of the molecule is COC(=O)COc1ccc(/C=N/NC(=O)CN(c2ccc(Cl)c(C(F)(F)F)c2)S(=O)(=O)c2ccccc2)cc1. The third-order valence-electron chi connectivity index (χ3n) is 5.03. The molecule has 1 N–H and O–H groups in total. The Morgan fingerprint density at radius 1 is 1.05 bits per heavy atom. The summed E-state index contributed by atoms with van der Waals surface area (Å²) in [6.45, 7) is -1.16. The molecule has 0 aliphatic heterocycles. The highest BCUT2D eigenvalue weighted by Gasteiger charge is 2.35. The number of carbonyl (C=O) groups excluding carboxylic acids is 2. The van der Waals surface area contributed by atoms with E-state index in [1.165, 1.54) is 37.6 Å². The van der Waals surface area contributed by atoms with E-state index in [0.29, 0.717) is 21.7 Å². The van der Waals surface area contributed by atoms with Crippen molar-refractivity contribution in [3.8, 4) is 5.75 Å². The van der Waals surface area contributed by atoms with Gasteiger partial charge in [0.15, 0.2) is 6.61 Å². The van der Waals surface area contributed by atoms with E-state index in [2.05, 4.69) is 15.3 Å². The lowest BCUT2D eigenvalue weighted by molar-refractivity contribution is -0.143. The first-order valence-corrected chi connectivity index (χ1v) is 12.8. The molecule has 0 bridgehead atoms. The van der Waals surface area contributed by atoms with Gasteiger partial charge in [-0.2, -0.15) is 18.3 Å². The van der Waals surface area contributed by atoms with Crippen LogP contribution in [-0.4, -0.2) is 46.8 Å². The first kappa shape index (κ1) is 29.5. The minimum absolute atomic E-state index is 0.237. The summed E-state index contributed by atoms with van der Waals surface area (Å²) < 4.78 is 77.2. The summed E-state index contributed by atoms with van der Waals surface area (Å²) >= 11 is 5.68. The summed E-state index contributed by atoms with van der Waals surface area (Å²) in [6.07, 6.45) is -3.61. The first-order chi connectivity index (χ1) is 18.4. The fourth-order valence-electron chi connectivity index (χ4n) is 3.12. The zero-order valence-corrected chi connectivity index (χ0v) is 21.8. The molecule has 0 aliphatic rings. The van der Waals surface area contributed by atoms with Crippen LogP contribution in [0.4, 0.5) is 18.9 Å². The predicted molar refractivity (Wildman–Crippen MR) is 137 cm³/mol. The number of alkyl halides is 3. The fraction of sp³-hybridized carbons (Fsp3) is 0.160. The minimum atomic E-state index is -4.86. The van der Waals surface area contributed by atoms with Gasteiger partial charge in [-0.05, 0) is 60.2 Å². The standard InChI is InChI=1S/C25H21ClF3N3O6S/c1-37-24(34)16-38-19-10-7-17(8-11-19)14-30-31-23(33)15-32(39(35,36)20-5-3-2-4-6-20)18-9-12-22(26)21(13-18)25(27,28)29/h2-14H,15-16H2,1H3,(H,31,33)/b30-14+. The van der Waals surface area contributed by atoms with E-state index in [-0.39, 0.29) is 11.5 Å². The molecule has 0 fully saturated rings. The van der Waals surface area contributed by atoms with Crippen LogP contribution in [0.15, 0.2) is 82.8 Å². The van der Waals surface area contributed by atoms with Crippen LogP contribution < -0.4 is 14.5 Å². The van der Waals surface area contributed by atoms with Crippen molar-refractivity contribution in [2.75, 3.05) is 24.6 Å². The van der Waals surface area contributed by atoms with Gasteiger partial charge in [0.05, 0.1) is 34.5 Å². The van der Waals surface area contributed by atoms with Crippen LogP contribution in [0.25, 0.3) is 0 Å². The molecule has 0 spiro atoms. The van der Waals surface area contributed by atoms with Crippen molar-refractivity contribution in [3.05, 3.63) is 88.9 Å². The van der Waals surface area contributed by atoms with Crippen molar-refractivity contribution >= 4 is 45.4 Å². The van der Waals surface area contributed by atoms with E-state index in [1.807, 2.05) is 0 Å². The van der Waals surface area contributed by atoms with E-state index >= 15 is 0 Å². The van der Waals surface area contributed by atoms with Crippen LogP contribution in [0.5, 0.6) is 5.75 Å². The second-order valence-electron chi connectivity index (χ2n) is 7.71. The van der Waals surface area contributed by atoms with Crippen LogP contribution in [-0.2, 0) is 30.5 Å². The third kappa shape index (κ3) is 7.94. The van der Waals surface area contributed by atoms with Gasteiger partial charge in [-0.1, -0.05) is 29.8 Å². The number of nitrogens with zero attached hydrogens (tertiary/aromatic N) is 2. The summed E-state index contributed by atoms with van der Waals surface area (Å²) in [5, 5.41) is 3.14. The molecule has 0 aliphatic carbocycles. The van der Waals surface area contributed by atoms with Crippen LogP contribution in [0, 0.1) is 0 Å². The predicted octanol–water partition coefficient (Wildman–Crippen LogP) is 4.26. The Kier molecular flexibility index (Phi) is 9.54. The Labute approximate surface area is 226 Å². The van der Waals surface area contributed by atoms with Gasteiger partial charge in [-0.3, -0.25) is 9.10 Å². The number of nitrogens with one attached hydrogen (secondary N) is 1. The van der Waals surface area contributed by atoms with E-state index in [0.717, 1.165) is 12.1 Å². The number of halogens is 4. The number of hydrogen-bond acceptors (Lipinski definition) is 7. The third-order valence-corrected chi connectivity index (χ3v) is 7.15. The number of rotatable bonds is 10. The molecule has 9 nitrogen and oxygen atoms in total. The summed E-state index contributed by atoms with van der Waals surface area (Å²) in [7, 11) is -3.23. The van der Waals surface area contributed by atoms with Gasteiger partial charge in [0, 0.05) is 0 Å². The summed E-state index contributed by atoms with van der Waals surface area (Å²) in [5.74, 6) is -1.10. The lowest BCUT2D eigenvalue weighted by atomic mass is 10.2. The molecule has 206 valence electrons. The highest BCUT2D eigenvalue weighted by molar-refractivity contribution is 7.92. The lowest BCUT2D eigenvalue weighted by Crippen LogP contribution is -2.39. The number of carbonyl (C=O) groups is 2. The van der Waals surface area contributed by atoms with Gasteiger partial charge in [-0.25, -0.2) is 18.6 Å². The van der Waals surface area contributed by atoms with E-state index < -0.39 is 50.9 Å². The second-order valence-corrected chi connectivity index (χ2v) is 9.98. The molecule has 0 saturated heterocycles. The van der Waals surface area contributed by atoms with Crippen LogP contribution in [0.3, 0.4) is 0 Å². The molecule has 0 unspecified atom stereocenters. The van der Waals surface area contributed by atoms with Crippen LogP contribution in [0.2, 0.25) is 5.02 Å². The number of hydrogen-bond donors (Lipinski definition) is 1. The van der Waals surface area contributed by atoms with Crippen molar-refractivity contribution in [1.29, 1.82) is 0 Å². The lowest BCUT2D eigenvalue weighted by Gasteiger charge is -2.24. The van der Waals surface area contributed by atoms with Crippen LogP contribution in [0.1, 0.15) is 11.1 Å². The molecule has 0 atom stereocenters. The summed E-state index contributed by atoms with van der Waals surface area (Å²) in [5.41, 5.74) is 0.997. The Bertz CT molecular complexity index is 1450. The molecule has 0 saturated carbocycles. The monoisotopic (exact) mass is 583 g/mol. The first-order valence-electron chi connectivity index (χ1n) is 11.0. The molecule has 1 amide bonds. The van der Waals surface area contributed by atoms with Crippen molar-refractivity contribution in [1.82, 2.24) is 5.43 Å². The normalized spacial score (nSPS) is 11.7. The molecule has 3 aromatic carbocycles. The molecular weight excluding hydrogens is 563 g/mol. The van der Waals surface area contributed by atoms with Crippen molar-refractivity contribution in [3.63, 3.8) is 0 Å². The Hall–Kier alpha value is -4.10. The van der Waals surface area contributed by atoms with Gasteiger partial charge in [0.25, 0.3) is 15.9 Å². The molecule has 0 radical (unpaired) electrons. The Morgan fingerprint density at radius 2 is 1.72 bits per heavy atom. The Morgan fingerprint density at radius 3 is 2.33 bits per heavy atom. The van der Waals surface area contributed by atoms with E-state index in [4.69, 9.17) is 16.3 Å². The van der Waals surface area contributed by atoms with Gasteiger partial charge in [0.2, 0.25) is 0 Å². The number of hydrazone groups is 1. The molecule has 0 heterocycles. The highest BCUT2D eigenvalue weighted by Crippen LogP contribution is 2.38. The number of amides is 1. The quantitative estimate of drug-likeness (QED) is 0.217. The van der Waals surface area contributed by atoms with Crippen molar-refractivity contribution < 1.29 is 40.7 Å². The average molecular weight is 584 g/mol. The fourth-order valence-corrected chi connectivity index (χ4v) is 4.77. The maximum atomic E-state index is 13.4. The number of ether oxygens (including phenoxy) is 2. The topological polar surface area (TPSA) is 114 Å². The maximum absolute atomic E-state index is 13.4. The largest absolute Gasteiger partial charge is 0.482 e. The molecular formula is C25H21ClF3N3O6S. The zero-order chi connectivity index (χ0) is 28.6.